The first-order chi connectivity index (χ1) is 11.7. The van der Waals surface area contributed by atoms with Gasteiger partial charge in [0.15, 0.2) is 11.6 Å². The second-order valence-corrected chi connectivity index (χ2v) is 5.45. The van der Waals surface area contributed by atoms with Gasteiger partial charge in [0, 0.05) is 29.8 Å². The molecule has 120 valence electrons. The van der Waals surface area contributed by atoms with Crippen LogP contribution in [0.3, 0.4) is 0 Å². The summed E-state index contributed by atoms with van der Waals surface area (Å²) in [6.45, 7) is 8.43. The molecule has 0 heterocycles. The smallest absolute Gasteiger partial charge is 0.196 e. The molecule has 1 aliphatic carbocycles. The molecule has 0 atom stereocenters. The van der Waals surface area contributed by atoms with E-state index in [0.29, 0.717) is 41.0 Å². The molecule has 0 spiro atoms. The lowest BCUT2D eigenvalue weighted by Crippen LogP contribution is -2.23. The van der Waals surface area contributed by atoms with Crippen molar-refractivity contribution in [1.82, 2.24) is 0 Å². The molecule has 24 heavy (non-hydrogen) atoms. The average molecular weight is 318 g/mol. The van der Waals surface area contributed by atoms with E-state index in [-0.39, 0.29) is 11.6 Å². The van der Waals surface area contributed by atoms with Crippen LogP contribution in [0.1, 0.15) is 31.8 Å². The zero-order valence-corrected chi connectivity index (χ0v) is 13.3. The first kappa shape index (κ1) is 15.7. The molecule has 4 nitrogen and oxygen atoms in total. The fraction of sp³-hybridized carbons (Fsp3) is 0.100. The zero-order valence-electron chi connectivity index (χ0n) is 13.3. The largest absolute Gasteiger partial charge is 0.380 e. The summed E-state index contributed by atoms with van der Waals surface area (Å²) in [6.07, 6.45) is 3.44. The second-order valence-electron chi connectivity index (χ2n) is 5.45. The molecule has 2 aromatic rings. The highest BCUT2D eigenvalue weighted by Gasteiger charge is 2.32. The van der Waals surface area contributed by atoms with E-state index in [9.17, 15) is 9.59 Å². The molecule has 0 saturated heterocycles. The van der Waals surface area contributed by atoms with E-state index in [4.69, 9.17) is 0 Å². The van der Waals surface area contributed by atoms with Crippen molar-refractivity contribution < 1.29 is 9.59 Å². The number of nitrogens with one attached hydrogen (secondary N) is 2. The van der Waals surface area contributed by atoms with Crippen LogP contribution in [0, 0.1) is 0 Å². The van der Waals surface area contributed by atoms with Gasteiger partial charge in [-0.2, -0.15) is 0 Å². The molecule has 2 N–H and O–H groups in total. The Morgan fingerprint density at radius 2 is 1.42 bits per heavy atom. The minimum atomic E-state index is -0.144. The van der Waals surface area contributed by atoms with Gasteiger partial charge in [-0.05, 0) is 12.1 Å². The summed E-state index contributed by atoms with van der Waals surface area (Å²) in [4.78, 5) is 25.8. The maximum atomic E-state index is 13.0. The second kappa shape index (κ2) is 6.54. The molecule has 0 amide bonds. The van der Waals surface area contributed by atoms with Crippen LogP contribution in [0.15, 0.2) is 61.7 Å². The lowest BCUT2D eigenvalue weighted by molar-refractivity contribution is 0.0979. The molecule has 0 bridgehead atoms. The van der Waals surface area contributed by atoms with Gasteiger partial charge in [-0.15, -0.1) is 13.2 Å². The van der Waals surface area contributed by atoms with Gasteiger partial charge in [-0.3, -0.25) is 9.59 Å². The van der Waals surface area contributed by atoms with Gasteiger partial charge in [0.1, 0.15) is 0 Å². The minimum absolute atomic E-state index is 0.128. The van der Waals surface area contributed by atoms with Gasteiger partial charge in [0.05, 0.1) is 16.9 Å². The maximum Gasteiger partial charge on any atom is 0.196 e. The molecule has 0 fully saturated rings. The Balaban J connectivity index is 2.19. The van der Waals surface area contributed by atoms with Crippen LogP contribution < -0.4 is 10.6 Å². The summed E-state index contributed by atoms with van der Waals surface area (Å²) in [5.74, 6) is -0.272. The van der Waals surface area contributed by atoms with Crippen LogP contribution in [0.25, 0.3) is 0 Å². The third-order valence-corrected chi connectivity index (χ3v) is 3.95. The Labute approximate surface area is 140 Å². The molecule has 4 heteroatoms. The summed E-state index contributed by atoms with van der Waals surface area (Å²) in [5.41, 5.74) is 3.12. The van der Waals surface area contributed by atoms with Gasteiger partial charge in [0.2, 0.25) is 0 Å². The molecule has 2 aromatic carbocycles. The van der Waals surface area contributed by atoms with Crippen molar-refractivity contribution in [1.29, 1.82) is 0 Å². The van der Waals surface area contributed by atoms with E-state index in [0.717, 1.165) is 5.69 Å². The number of fused-ring (bicyclic) bond motifs is 2. The fourth-order valence-corrected chi connectivity index (χ4v) is 2.87. The Morgan fingerprint density at radius 1 is 0.792 bits per heavy atom. The van der Waals surface area contributed by atoms with E-state index in [1.807, 2.05) is 6.07 Å². The predicted octanol–water partition coefficient (Wildman–Crippen LogP) is 3.66. The molecule has 0 unspecified atom stereocenters. The van der Waals surface area contributed by atoms with Gasteiger partial charge in [-0.25, -0.2) is 0 Å². The van der Waals surface area contributed by atoms with Crippen LogP contribution in [0.4, 0.5) is 11.4 Å². The Bertz CT molecular complexity index is 853. The predicted molar refractivity (Wildman–Crippen MR) is 97.1 cm³/mol. The van der Waals surface area contributed by atoms with Crippen molar-refractivity contribution in [2.45, 2.75) is 0 Å². The van der Waals surface area contributed by atoms with E-state index in [1.165, 1.54) is 0 Å². The maximum absolute atomic E-state index is 13.0. The Kier molecular flexibility index (Phi) is 4.29. The highest BCUT2D eigenvalue weighted by atomic mass is 16.1. The zero-order chi connectivity index (χ0) is 17.1. The standard InChI is InChI=1S/C20H18N2O2/c1-3-11-21-16-10-9-15-17(18(16)22-12-4-2)20(24)14-8-6-5-7-13(14)19(15)23/h3-10,21-22H,1-2,11-12H2. The highest BCUT2D eigenvalue weighted by Crippen LogP contribution is 2.36. The molecular weight excluding hydrogens is 300 g/mol. The summed E-state index contributed by atoms with van der Waals surface area (Å²) >= 11 is 0. The molecular formula is C20H18N2O2. The number of carbonyl (C=O) groups excluding carboxylic acids is 2. The number of benzene rings is 2. The van der Waals surface area contributed by atoms with Crippen LogP contribution in [-0.4, -0.2) is 24.7 Å². The Morgan fingerprint density at radius 3 is 2.08 bits per heavy atom. The quantitative estimate of drug-likeness (QED) is 0.681. The summed E-state index contributed by atoms with van der Waals surface area (Å²) in [7, 11) is 0. The van der Waals surface area contributed by atoms with Crippen molar-refractivity contribution in [3.05, 3.63) is 84.0 Å². The number of ketones is 2. The van der Waals surface area contributed by atoms with Gasteiger partial charge in [-0.1, -0.05) is 36.4 Å². The number of anilines is 2. The van der Waals surface area contributed by atoms with Crippen molar-refractivity contribution in [3.8, 4) is 0 Å². The normalized spacial score (nSPS) is 12.2. The first-order valence-corrected chi connectivity index (χ1v) is 7.74. The highest BCUT2D eigenvalue weighted by molar-refractivity contribution is 6.30. The Hall–Kier alpha value is -3.14. The SMILES string of the molecule is C=CCNc1ccc2c(c1NCC=C)C(=O)c1ccccc1C2=O. The van der Waals surface area contributed by atoms with Crippen molar-refractivity contribution in [3.63, 3.8) is 0 Å². The topological polar surface area (TPSA) is 58.2 Å². The summed E-state index contributed by atoms with van der Waals surface area (Å²) in [6, 6.07) is 10.4. The van der Waals surface area contributed by atoms with Crippen molar-refractivity contribution >= 4 is 22.9 Å². The van der Waals surface area contributed by atoms with Gasteiger partial charge in [0.25, 0.3) is 0 Å². The van der Waals surface area contributed by atoms with Crippen LogP contribution in [0.2, 0.25) is 0 Å². The molecule has 0 radical (unpaired) electrons. The van der Waals surface area contributed by atoms with Crippen molar-refractivity contribution in [2.24, 2.45) is 0 Å². The van der Waals surface area contributed by atoms with E-state index in [2.05, 4.69) is 23.8 Å². The van der Waals surface area contributed by atoms with Gasteiger partial charge >= 0.3 is 0 Å². The third kappa shape index (κ3) is 2.52. The lowest BCUT2D eigenvalue weighted by Gasteiger charge is -2.23. The molecule has 0 aliphatic heterocycles. The average Bonchev–Trinajstić information content (AvgIpc) is 2.62. The molecule has 3 rings (SSSR count). The van der Waals surface area contributed by atoms with Crippen molar-refractivity contribution in [2.75, 3.05) is 23.7 Å². The summed E-state index contributed by atoms with van der Waals surface area (Å²) in [5, 5.41) is 6.40. The van der Waals surface area contributed by atoms with E-state index < -0.39 is 0 Å². The third-order valence-electron chi connectivity index (χ3n) is 3.95. The van der Waals surface area contributed by atoms with Crippen LogP contribution >= 0.6 is 0 Å². The van der Waals surface area contributed by atoms with E-state index >= 15 is 0 Å². The van der Waals surface area contributed by atoms with Crippen LogP contribution in [0.5, 0.6) is 0 Å². The molecule has 0 aromatic heterocycles. The monoisotopic (exact) mass is 318 g/mol. The summed E-state index contributed by atoms with van der Waals surface area (Å²) < 4.78 is 0. The number of rotatable bonds is 6. The number of hydrogen-bond donors (Lipinski definition) is 2. The first-order valence-electron chi connectivity index (χ1n) is 7.74. The van der Waals surface area contributed by atoms with Gasteiger partial charge < -0.3 is 10.6 Å². The van der Waals surface area contributed by atoms with E-state index in [1.54, 1.807) is 42.5 Å². The number of carbonyl (C=O) groups is 2. The van der Waals surface area contributed by atoms with Crippen LogP contribution in [-0.2, 0) is 0 Å². The lowest BCUT2D eigenvalue weighted by atomic mass is 9.83. The molecule has 0 saturated carbocycles. The fourth-order valence-electron chi connectivity index (χ4n) is 2.87. The minimum Gasteiger partial charge on any atom is -0.380 e. The number of hydrogen-bond acceptors (Lipinski definition) is 4. The molecule has 1 aliphatic rings.